The van der Waals surface area contributed by atoms with Gasteiger partial charge >= 0.3 is 6.18 Å². The standard InChI is InChI=1S/C19H17F3N2O5/c1-18(27,19(20,21)22)9-16(25)24-13-5-3-2-4-12(13)17(26)23-11-6-7-14-15(8-11)29-10-28-14/h2-8,27H,9-10H2,1H3,(H,23,26)(H,24,25)/t18-/m0/s1. The van der Waals surface area contributed by atoms with E-state index in [1.54, 1.807) is 18.2 Å². The summed E-state index contributed by atoms with van der Waals surface area (Å²) in [6.45, 7) is 0.578. The number of benzene rings is 2. The van der Waals surface area contributed by atoms with Crippen molar-refractivity contribution in [3.05, 3.63) is 48.0 Å². The molecule has 1 aliphatic heterocycles. The van der Waals surface area contributed by atoms with Crippen molar-refractivity contribution in [3.8, 4) is 11.5 Å². The van der Waals surface area contributed by atoms with Gasteiger partial charge in [-0.25, -0.2) is 0 Å². The van der Waals surface area contributed by atoms with Gasteiger partial charge in [-0.15, -0.1) is 0 Å². The fourth-order valence-corrected chi connectivity index (χ4v) is 2.57. The lowest BCUT2D eigenvalue weighted by Gasteiger charge is -2.25. The Morgan fingerprint density at radius 3 is 2.48 bits per heavy atom. The van der Waals surface area contributed by atoms with Crippen molar-refractivity contribution < 1.29 is 37.3 Å². The number of nitrogens with one attached hydrogen (secondary N) is 2. The van der Waals surface area contributed by atoms with E-state index in [4.69, 9.17) is 9.47 Å². The molecule has 0 bridgehead atoms. The summed E-state index contributed by atoms with van der Waals surface area (Å²) in [7, 11) is 0. The first-order valence-corrected chi connectivity index (χ1v) is 8.46. The molecule has 154 valence electrons. The number of halogens is 3. The molecule has 1 atom stereocenters. The van der Waals surface area contributed by atoms with Gasteiger partial charge in [-0.3, -0.25) is 9.59 Å². The van der Waals surface area contributed by atoms with Crippen LogP contribution in [0.2, 0.25) is 0 Å². The Hall–Kier alpha value is -3.27. The topological polar surface area (TPSA) is 96.9 Å². The van der Waals surface area contributed by atoms with E-state index in [2.05, 4.69) is 10.6 Å². The number of aliphatic hydroxyl groups is 1. The number of carbonyl (C=O) groups excluding carboxylic acids is 2. The highest BCUT2D eigenvalue weighted by molar-refractivity contribution is 6.10. The van der Waals surface area contributed by atoms with Crippen LogP contribution in [0.4, 0.5) is 24.5 Å². The number of fused-ring (bicyclic) bond motifs is 1. The normalized spacial score (nSPS) is 14.8. The third kappa shape index (κ3) is 4.60. The zero-order chi connectivity index (χ0) is 21.2. The molecule has 0 spiro atoms. The van der Waals surface area contributed by atoms with Gasteiger partial charge in [0.15, 0.2) is 17.1 Å². The van der Waals surface area contributed by atoms with Gasteiger partial charge in [0.1, 0.15) is 0 Å². The maximum absolute atomic E-state index is 12.8. The van der Waals surface area contributed by atoms with Crippen LogP contribution in [0.1, 0.15) is 23.7 Å². The van der Waals surface area contributed by atoms with Gasteiger partial charge in [0.25, 0.3) is 5.91 Å². The molecule has 3 rings (SSSR count). The van der Waals surface area contributed by atoms with Gasteiger partial charge in [0, 0.05) is 11.8 Å². The molecule has 3 N–H and O–H groups in total. The van der Waals surface area contributed by atoms with Gasteiger partial charge in [-0.2, -0.15) is 13.2 Å². The Morgan fingerprint density at radius 1 is 1.07 bits per heavy atom. The van der Waals surface area contributed by atoms with Crippen LogP contribution in [0.3, 0.4) is 0 Å². The van der Waals surface area contributed by atoms with Crippen LogP contribution < -0.4 is 20.1 Å². The fourth-order valence-electron chi connectivity index (χ4n) is 2.57. The molecule has 0 aliphatic carbocycles. The Bertz CT molecular complexity index is 944. The summed E-state index contributed by atoms with van der Waals surface area (Å²) in [5.41, 5.74) is -2.75. The second-order valence-corrected chi connectivity index (χ2v) is 6.56. The molecule has 1 aliphatic rings. The zero-order valence-electron chi connectivity index (χ0n) is 15.2. The minimum atomic E-state index is -4.97. The molecule has 2 aromatic rings. The summed E-state index contributed by atoms with van der Waals surface area (Å²) < 4.78 is 48.7. The van der Waals surface area contributed by atoms with Gasteiger partial charge < -0.3 is 25.2 Å². The van der Waals surface area contributed by atoms with E-state index in [1.807, 2.05) is 0 Å². The predicted molar refractivity (Wildman–Crippen MR) is 96.9 cm³/mol. The molecule has 0 aromatic heterocycles. The highest BCUT2D eigenvalue weighted by Crippen LogP contribution is 2.35. The van der Waals surface area contributed by atoms with Crippen molar-refractivity contribution in [1.29, 1.82) is 0 Å². The van der Waals surface area contributed by atoms with Crippen molar-refractivity contribution in [2.24, 2.45) is 0 Å². The molecule has 10 heteroatoms. The van der Waals surface area contributed by atoms with E-state index in [1.165, 1.54) is 24.3 Å². The number of anilines is 2. The highest BCUT2D eigenvalue weighted by Gasteiger charge is 2.51. The van der Waals surface area contributed by atoms with Crippen molar-refractivity contribution in [3.63, 3.8) is 0 Å². The monoisotopic (exact) mass is 410 g/mol. The Morgan fingerprint density at radius 2 is 1.76 bits per heavy atom. The predicted octanol–water partition coefficient (Wildman–Crippen LogP) is 3.31. The molecule has 1 heterocycles. The third-order valence-electron chi connectivity index (χ3n) is 4.19. The first-order valence-electron chi connectivity index (χ1n) is 8.46. The van der Waals surface area contributed by atoms with Gasteiger partial charge in [0.2, 0.25) is 12.7 Å². The summed E-state index contributed by atoms with van der Waals surface area (Å²) in [6.07, 6.45) is -6.19. The van der Waals surface area contributed by atoms with Crippen LogP contribution in [0.25, 0.3) is 0 Å². The van der Waals surface area contributed by atoms with Gasteiger partial charge in [-0.05, 0) is 31.2 Å². The number of hydrogen-bond acceptors (Lipinski definition) is 5. The van der Waals surface area contributed by atoms with Crippen molar-refractivity contribution in [1.82, 2.24) is 0 Å². The molecule has 0 saturated carbocycles. The lowest BCUT2D eigenvalue weighted by atomic mass is 10.0. The Balaban J connectivity index is 1.73. The van der Waals surface area contributed by atoms with Crippen molar-refractivity contribution >= 4 is 23.2 Å². The second-order valence-electron chi connectivity index (χ2n) is 6.56. The van der Waals surface area contributed by atoms with E-state index < -0.39 is 30.0 Å². The fraction of sp³-hybridized carbons (Fsp3) is 0.263. The number of carbonyl (C=O) groups is 2. The zero-order valence-corrected chi connectivity index (χ0v) is 15.2. The number of para-hydroxylation sites is 1. The molecule has 0 fully saturated rings. The molecule has 0 radical (unpaired) electrons. The lowest BCUT2D eigenvalue weighted by Crippen LogP contribution is -2.45. The van der Waals surface area contributed by atoms with Crippen molar-refractivity contribution in [2.75, 3.05) is 17.4 Å². The smallest absolute Gasteiger partial charge is 0.417 e. The molecular weight excluding hydrogens is 393 g/mol. The number of ether oxygens (including phenoxy) is 2. The van der Waals surface area contributed by atoms with E-state index in [0.29, 0.717) is 24.1 Å². The Labute approximate surface area is 163 Å². The maximum atomic E-state index is 12.8. The van der Waals surface area contributed by atoms with E-state index >= 15 is 0 Å². The largest absolute Gasteiger partial charge is 0.454 e. The maximum Gasteiger partial charge on any atom is 0.417 e. The molecule has 2 aromatic carbocycles. The SMILES string of the molecule is C[C@](O)(CC(=O)Nc1ccccc1C(=O)Nc1ccc2c(c1)OCO2)C(F)(F)F. The number of amides is 2. The summed E-state index contributed by atoms with van der Waals surface area (Å²) in [4.78, 5) is 24.6. The lowest BCUT2D eigenvalue weighted by molar-refractivity contribution is -0.252. The molecule has 7 nitrogen and oxygen atoms in total. The molecule has 29 heavy (non-hydrogen) atoms. The summed E-state index contributed by atoms with van der Waals surface area (Å²) in [5.74, 6) is -0.691. The number of alkyl halides is 3. The van der Waals surface area contributed by atoms with E-state index in [0.717, 1.165) is 0 Å². The molecular formula is C19H17F3N2O5. The molecule has 0 saturated heterocycles. The van der Waals surface area contributed by atoms with Crippen molar-refractivity contribution in [2.45, 2.75) is 25.1 Å². The van der Waals surface area contributed by atoms with Crippen LogP contribution in [0, 0.1) is 0 Å². The summed E-state index contributed by atoms with van der Waals surface area (Å²) in [6, 6.07) is 10.6. The van der Waals surface area contributed by atoms with E-state index in [9.17, 15) is 27.9 Å². The number of rotatable bonds is 5. The molecule has 0 unspecified atom stereocenters. The van der Waals surface area contributed by atoms with Crippen LogP contribution in [-0.2, 0) is 4.79 Å². The van der Waals surface area contributed by atoms with Gasteiger partial charge in [-0.1, -0.05) is 12.1 Å². The van der Waals surface area contributed by atoms with Crippen LogP contribution in [-0.4, -0.2) is 35.5 Å². The highest BCUT2D eigenvalue weighted by atomic mass is 19.4. The summed E-state index contributed by atoms with van der Waals surface area (Å²) in [5, 5.41) is 14.3. The van der Waals surface area contributed by atoms with E-state index in [-0.39, 0.29) is 18.0 Å². The van der Waals surface area contributed by atoms with Gasteiger partial charge in [0.05, 0.1) is 17.7 Å². The first-order chi connectivity index (χ1) is 13.6. The van der Waals surface area contributed by atoms with Crippen LogP contribution >= 0.6 is 0 Å². The minimum absolute atomic E-state index is 0.00807. The first kappa shape index (κ1) is 20.5. The van der Waals surface area contributed by atoms with Crippen LogP contribution in [0.5, 0.6) is 11.5 Å². The molecule has 2 amide bonds. The second kappa shape index (κ2) is 7.63. The average molecular weight is 410 g/mol. The average Bonchev–Trinajstić information content (AvgIpc) is 3.08. The minimum Gasteiger partial charge on any atom is -0.454 e. The third-order valence-corrected chi connectivity index (χ3v) is 4.19. The van der Waals surface area contributed by atoms with Crippen LogP contribution in [0.15, 0.2) is 42.5 Å². The Kier molecular flexibility index (Phi) is 5.38. The quantitative estimate of drug-likeness (QED) is 0.703. The number of hydrogen-bond donors (Lipinski definition) is 3. The summed E-state index contributed by atoms with van der Waals surface area (Å²) >= 11 is 0.